The molecule has 2 aromatic carbocycles. The molecule has 2 aliphatic rings. The number of hydrogen-bond donors (Lipinski definition) is 3. The standard InChI is InChI=1S/C20H9Br2O5.CHN.Hg.2Na.H2O.2H/c21-13-5-11-17(7-15(13)23)27-18-8-16(24)14(22)6-12(18)19(11)9-3-1-2-4-10(9)20(25)26;1-2;;;;;;/h1-7,24H,(H,25,26);1H;;;;1H2;;/q;;+1;;;;;/p-1. The molecule has 1 aliphatic carbocycles. The second kappa shape index (κ2) is 13.2. The number of aromatic carboxylic acids is 1. The third-order valence-electron chi connectivity index (χ3n) is 4.67. The fourth-order valence-electron chi connectivity index (χ4n) is 3.37. The molecule has 2 aromatic rings. The Morgan fingerprint density at radius 2 is 1.67 bits per heavy atom. The average Bonchev–Trinajstić information content (AvgIpc) is 2.76. The summed E-state index contributed by atoms with van der Waals surface area (Å²) in [5.41, 5.74) is 1.57. The number of nitriles is 1. The molecule has 1 aliphatic heterocycles. The molecule has 156 valence electrons. The van der Waals surface area contributed by atoms with Crippen LogP contribution in [0.25, 0.3) is 33.4 Å². The molecule has 0 amide bonds. The zero-order valence-electron chi connectivity index (χ0n) is 15.6. The van der Waals surface area contributed by atoms with E-state index in [1.807, 2.05) is 0 Å². The zero-order valence-corrected chi connectivity index (χ0v) is 24.3. The summed E-state index contributed by atoms with van der Waals surface area (Å²) in [6.07, 6.45) is 0. The average molecular weight is 782 g/mol. The SMILES string of the molecule is C#N.O=C(O)c1ccccc1-c1c2cc(Br)c(=O)cc-2oc2[c]([Hg][OH])c(O)c(Br)cc12.[NaH].[NaH]. The first-order valence-corrected chi connectivity index (χ1v) is 15.4. The van der Waals surface area contributed by atoms with E-state index in [9.17, 15) is 22.8 Å². The van der Waals surface area contributed by atoms with E-state index in [4.69, 9.17) is 9.68 Å². The number of hydrogen-bond acceptors (Lipinski definition) is 6. The van der Waals surface area contributed by atoms with Crippen LogP contribution in [0.4, 0.5) is 0 Å². The van der Waals surface area contributed by atoms with E-state index in [1.165, 1.54) is 12.1 Å². The van der Waals surface area contributed by atoms with Gasteiger partial charge in [-0.2, -0.15) is 0 Å². The number of phenolic OH excluding ortho intramolecular Hbond substituents is 1. The van der Waals surface area contributed by atoms with Crippen LogP contribution in [0, 0.1) is 11.8 Å². The van der Waals surface area contributed by atoms with Gasteiger partial charge in [0.15, 0.2) is 0 Å². The van der Waals surface area contributed by atoms with Crippen molar-refractivity contribution in [1.29, 1.82) is 5.26 Å². The summed E-state index contributed by atoms with van der Waals surface area (Å²) in [5.74, 6) is -0.949. The second-order valence-corrected chi connectivity index (χ2v) is 12.0. The fourth-order valence-corrected chi connectivity index (χ4v) is 8.09. The van der Waals surface area contributed by atoms with Gasteiger partial charge in [0.25, 0.3) is 0 Å². The Bertz CT molecular complexity index is 1390. The molecule has 0 atom stereocenters. The number of benzene rings is 3. The van der Waals surface area contributed by atoms with Gasteiger partial charge in [0.2, 0.25) is 0 Å². The molecule has 0 bridgehead atoms. The summed E-state index contributed by atoms with van der Waals surface area (Å²) in [4.78, 5) is 24.0. The normalized spacial score (nSPS) is 9.73. The Balaban J connectivity index is 0.00000133. The minimum atomic E-state index is -2.67. The Hall–Kier alpha value is -0.255. The number of carboxylic acids is 1. The molecule has 7 nitrogen and oxygen atoms in total. The zero-order chi connectivity index (χ0) is 22.9. The van der Waals surface area contributed by atoms with Crippen molar-refractivity contribution in [2.24, 2.45) is 0 Å². The van der Waals surface area contributed by atoms with E-state index in [2.05, 4.69) is 38.4 Å². The van der Waals surface area contributed by atoms with Gasteiger partial charge in [-0.1, -0.05) is 0 Å². The van der Waals surface area contributed by atoms with Crippen LogP contribution in [0.1, 0.15) is 10.4 Å². The number of carboxylic acid groups (broad SMARTS) is 1. The number of halogens is 2. The maximum atomic E-state index is 12.2. The van der Waals surface area contributed by atoms with Crippen molar-refractivity contribution in [3.05, 3.63) is 67.2 Å². The van der Waals surface area contributed by atoms with E-state index in [0.717, 1.165) is 0 Å². The minimum absolute atomic E-state index is 0. The van der Waals surface area contributed by atoms with Crippen molar-refractivity contribution in [1.82, 2.24) is 0 Å². The number of carbonyl (C=O) groups is 1. The fraction of sp³-hybridized carbons (Fsp3) is 0. The molecular weight excluding hydrogens is 769 g/mol. The van der Waals surface area contributed by atoms with Gasteiger partial charge in [-0.3, -0.25) is 0 Å². The van der Waals surface area contributed by atoms with E-state index in [1.54, 1.807) is 30.3 Å². The summed E-state index contributed by atoms with van der Waals surface area (Å²) in [5, 5.41) is 27.1. The van der Waals surface area contributed by atoms with E-state index >= 15 is 0 Å². The molecule has 0 radical (unpaired) electrons. The van der Waals surface area contributed by atoms with E-state index in [-0.39, 0.29) is 87.2 Å². The summed E-state index contributed by atoms with van der Waals surface area (Å²) >= 11 is 3.88. The number of aromatic hydroxyl groups is 1. The van der Waals surface area contributed by atoms with Crippen LogP contribution < -0.4 is 8.50 Å². The Kier molecular flexibility index (Phi) is 12.3. The van der Waals surface area contributed by atoms with Gasteiger partial charge in [-0.05, 0) is 0 Å². The summed E-state index contributed by atoms with van der Waals surface area (Å²) < 4.78 is 17.0. The number of phenols is 1. The molecule has 33 heavy (non-hydrogen) atoms. The second-order valence-electron chi connectivity index (χ2n) is 6.33. The van der Waals surface area contributed by atoms with Crippen molar-refractivity contribution >= 4 is 111 Å². The number of nitrogens with zero attached hydrogens (tertiary/aromatic N) is 1. The Morgan fingerprint density at radius 3 is 2.27 bits per heavy atom. The molecule has 12 heteroatoms. The molecule has 4 rings (SSSR count). The maximum absolute atomic E-state index is 12.2. The van der Waals surface area contributed by atoms with Gasteiger partial charge in [0.1, 0.15) is 0 Å². The van der Waals surface area contributed by atoms with Crippen molar-refractivity contribution in [3.63, 3.8) is 0 Å². The first-order chi connectivity index (χ1) is 14.8. The molecule has 0 aromatic heterocycles. The molecule has 0 saturated carbocycles. The van der Waals surface area contributed by atoms with Crippen LogP contribution in [0.5, 0.6) is 5.75 Å². The molecular formula is C21H13Br2HgNNa2O6. The molecule has 0 spiro atoms. The van der Waals surface area contributed by atoms with E-state index < -0.39 is 31.0 Å². The first-order valence-electron chi connectivity index (χ1n) is 8.63. The summed E-state index contributed by atoms with van der Waals surface area (Å²) in [6.45, 7) is 3.50. The quantitative estimate of drug-likeness (QED) is 0.215. The summed E-state index contributed by atoms with van der Waals surface area (Å²) in [6, 6.07) is 11.1. The summed E-state index contributed by atoms with van der Waals surface area (Å²) in [7, 11) is 0. The van der Waals surface area contributed by atoms with Gasteiger partial charge in [0.05, 0.1) is 0 Å². The van der Waals surface area contributed by atoms with Gasteiger partial charge < -0.3 is 0 Å². The topological polar surface area (TPSA) is 132 Å². The predicted octanol–water partition coefficient (Wildman–Crippen LogP) is 2.95. The predicted molar refractivity (Wildman–Crippen MR) is 131 cm³/mol. The molecule has 0 saturated heterocycles. The van der Waals surface area contributed by atoms with Crippen LogP contribution in [0.2, 0.25) is 0 Å². The molecule has 3 N–H and O–H groups in total. The third kappa shape index (κ3) is 5.94. The van der Waals surface area contributed by atoms with Crippen molar-refractivity contribution < 1.29 is 47.5 Å². The molecule has 0 unspecified atom stereocenters. The Morgan fingerprint density at radius 1 is 1.03 bits per heavy atom. The van der Waals surface area contributed by atoms with Crippen LogP contribution >= 0.6 is 31.9 Å². The van der Waals surface area contributed by atoms with Gasteiger partial charge in [-0.15, -0.1) is 0 Å². The van der Waals surface area contributed by atoms with Crippen LogP contribution in [0.3, 0.4) is 0 Å². The van der Waals surface area contributed by atoms with Gasteiger partial charge in [0, 0.05) is 6.57 Å². The molecule has 0 fully saturated rings. The van der Waals surface area contributed by atoms with Crippen molar-refractivity contribution in [2.45, 2.75) is 0 Å². The van der Waals surface area contributed by atoms with Crippen LogP contribution in [-0.4, -0.2) is 78.3 Å². The van der Waals surface area contributed by atoms with E-state index in [0.29, 0.717) is 34.1 Å². The van der Waals surface area contributed by atoms with Crippen molar-refractivity contribution in [3.8, 4) is 34.8 Å². The first kappa shape index (κ1) is 30.8. The molecule has 1 heterocycles. The van der Waals surface area contributed by atoms with Crippen LogP contribution in [0.15, 0.2) is 60.6 Å². The third-order valence-corrected chi connectivity index (χ3v) is 9.68. The number of fused-ring (bicyclic) bond motifs is 2. The van der Waals surface area contributed by atoms with Crippen LogP contribution in [-0.2, 0) is 25.0 Å². The number of rotatable bonds is 3. The van der Waals surface area contributed by atoms with Gasteiger partial charge >= 0.3 is 254 Å². The van der Waals surface area contributed by atoms with Gasteiger partial charge in [-0.25, -0.2) is 5.26 Å². The Labute approximate surface area is 262 Å². The van der Waals surface area contributed by atoms with Crippen molar-refractivity contribution in [2.75, 3.05) is 0 Å². The monoisotopic (exact) mass is 781 g/mol.